The average Bonchev–Trinajstić information content (AvgIpc) is 2.74. The van der Waals surface area contributed by atoms with Gasteiger partial charge in [-0.1, -0.05) is 0 Å². The van der Waals surface area contributed by atoms with E-state index in [0.717, 1.165) is 0 Å². The molecule has 3 N–H and O–H groups in total. The van der Waals surface area contributed by atoms with Crippen LogP contribution in [0.3, 0.4) is 0 Å². The fourth-order valence-corrected chi connectivity index (χ4v) is 3.02. The number of hydrogen-bond donors (Lipinski definition) is 3. The zero-order chi connectivity index (χ0) is 15.6. The molecule has 1 aromatic carbocycles. The van der Waals surface area contributed by atoms with Crippen molar-refractivity contribution in [3.8, 4) is 0 Å². The second kappa shape index (κ2) is 5.82. The number of amides is 2. The van der Waals surface area contributed by atoms with Crippen molar-refractivity contribution in [2.24, 2.45) is 0 Å². The largest absolute Gasteiger partial charge is 0.353 e. The van der Waals surface area contributed by atoms with Crippen LogP contribution in [-0.4, -0.2) is 32.8 Å². The Morgan fingerprint density at radius 3 is 2.76 bits per heavy atom. The Morgan fingerprint density at radius 1 is 1.38 bits per heavy atom. The van der Waals surface area contributed by atoms with Crippen molar-refractivity contribution < 1.29 is 18.0 Å². The van der Waals surface area contributed by atoms with E-state index in [1.54, 1.807) is 19.9 Å². The molecular formula is C13H17N3O4S. The van der Waals surface area contributed by atoms with Crippen molar-refractivity contribution in [1.82, 2.24) is 10.0 Å². The molecule has 0 saturated carbocycles. The smallest absolute Gasteiger partial charge is 0.241 e. The van der Waals surface area contributed by atoms with Crippen molar-refractivity contribution in [1.29, 1.82) is 0 Å². The van der Waals surface area contributed by atoms with Crippen LogP contribution in [0.5, 0.6) is 0 Å². The van der Waals surface area contributed by atoms with Gasteiger partial charge in [0.25, 0.3) is 0 Å². The molecule has 0 aliphatic carbocycles. The van der Waals surface area contributed by atoms with Crippen molar-refractivity contribution >= 4 is 27.5 Å². The van der Waals surface area contributed by atoms with E-state index in [1.807, 2.05) is 0 Å². The van der Waals surface area contributed by atoms with Crippen LogP contribution in [0, 0.1) is 0 Å². The van der Waals surface area contributed by atoms with Crippen LogP contribution in [0.4, 0.5) is 5.69 Å². The first-order valence-corrected chi connectivity index (χ1v) is 7.98. The Labute approximate surface area is 123 Å². The number of benzene rings is 1. The highest BCUT2D eigenvalue weighted by Crippen LogP contribution is 2.25. The Morgan fingerprint density at radius 2 is 2.10 bits per heavy atom. The molecule has 1 aliphatic heterocycles. The summed E-state index contributed by atoms with van der Waals surface area (Å²) in [4.78, 5) is 22.8. The maximum atomic E-state index is 12.1. The highest BCUT2D eigenvalue weighted by molar-refractivity contribution is 7.89. The summed E-state index contributed by atoms with van der Waals surface area (Å²) < 4.78 is 26.5. The lowest BCUT2D eigenvalue weighted by atomic mass is 10.2. The third kappa shape index (κ3) is 3.79. The van der Waals surface area contributed by atoms with E-state index in [1.165, 1.54) is 12.1 Å². The van der Waals surface area contributed by atoms with Gasteiger partial charge in [-0.25, -0.2) is 13.1 Å². The van der Waals surface area contributed by atoms with Gasteiger partial charge in [-0.3, -0.25) is 9.59 Å². The zero-order valence-corrected chi connectivity index (χ0v) is 12.6. The number of hydrogen-bond acceptors (Lipinski definition) is 4. The SMILES string of the molecule is CC(C)NC(=O)CNS(=O)(=O)c1ccc2c(c1)CC(=O)N2. The van der Waals surface area contributed by atoms with Gasteiger partial charge in [-0.2, -0.15) is 0 Å². The lowest BCUT2D eigenvalue weighted by Gasteiger charge is -2.10. The van der Waals surface area contributed by atoms with Crippen molar-refractivity contribution in [3.05, 3.63) is 23.8 Å². The van der Waals surface area contributed by atoms with Gasteiger partial charge in [0.15, 0.2) is 0 Å². The fraction of sp³-hybridized carbons (Fsp3) is 0.385. The summed E-state index contributed by atoms with van der Waals surface area (Å²) in [6.07, 6.45) is 0.159. The molecule has 0 atom stereocenters. The maximum Gasteiger partial charge on any atom is 0.241 e. The fourth-order valence-electron chi connectivity index (χ4n) is 1.99. The summed E-state index contributed by atoms with van der Waals surface area (Å²) in [6, 6.07) is 4.32. The Hall–Kier alpha value is -1.93. The van der Waals surface area contributed by atoms with Gasteiger partial charge < -0.3 is 10.6 Å². The van der Waals surface area contributed by atoms with Gasteiger partial charge in [0, 0.05) is 11.7 Å². The molecule has 0 unspecified atom stereocenters. The molecule has 2 amide bonds. The summed E-state index contributed by atoms with van der Waals surface area (Å²) in [7, 11) is -3.78. The second-order valence-electron chi connectivity index (χ2n) is 5.09. The van der Waals surface area contributed by atoms with E-state index in [2.05, 4.69) is 15.4 Å². The van der Waals surface area contributed by atoms with E-state index in [-0.39, 0.29) is 29.8 Å². The predicted octanol–water partition coefficient (Wildman–Crippen LogP) is -0.0159. The molecule has 0 saturated heterocycles. The van der Waals surface area contributed by atoms with E-state index in [0.29, 0.717) is 11.3 Å². The summed E-state index contributed by atoms with van der Waals surface area (Å²) in [5.41, 5.74) is 1.26. The van der Waals surface area contributed by atoms with Gasteiger partial charge in [0.05, 0.1) is 17.9 Å². The van der Waals surface area contributed by atoms with E-state index in [9.17, 15) is 18.0 Å². The van der Waals surface area contributed by atoms with Crippen molar-refractivity contribution in [2.75, 3.05) is 11.9 Å². The standard InChI is InChI=1S/C13H17N3O4S/c1-8(2)15-13(18)7-14-21(19,20)10-3-4-11-9(5-10)6-12(17)16-11/h3-5,8,14H,6-7H2,1-2H3,(H,15,18)(H,16,17). The summed E-state index contributed by atoms with van der Waals surface area (Å²) in [5, 5.41) is 5.22. The Balaban J connectivity index is 2.08. The summed E-state index contributed by atoms with van der Waals surface area (Å²) >= 11 is 0. The van der Waals surface area contributed by atoms with Gasteiger partial charge in [0.1, 0.15) is 0 Å². The number of carbonyl (C=O) groups is 2. The molecule has 21 heavy (non-hydrogen) atoms. The number of nitrogens with one attached hydrogen (secondary N) is 3. The molecule has 2 rings (SSSR count). The predicted molar refractivity (Wildman–Crippen MR) is 77.2 cm³/mol. The molecule has 1 aliphatic rings. The van der Waals surface area contributed by atoms with Crippen molar-refractivity contribution in [3.63, 3.8) is 0 Å². The third-order valence-corrected chi connectivity index (χ3v) is 4.28. The number of sulfonamides is 1. The van der Waals surface area contributed by atoms with E-state index in [4.69, 9.17) is 0 Å². The Bertz CT molecular complexity index is 683. The molecule has 0 aromatic heterocycles. The highest BCUT2D eigenvalue weighted by Gasteiger charge is 2.22. The van der Waals surface area contributed by atoms with Crippen LogP contribution >= 0.6 is 0 Å². The molecule has 8 heteroatoms. The topological polar surface area (TPSA) is 104 Å². The third-order valence-electron chi connectivity index (χ3n) is 2.88. The lowest BCUT2D eigenvalue weighted by molar-refractivity contribution is -0.120. The van der Waals surface area contributed by atoms with Gasteiger partial charge in [-0.15, -0.1) is 0 Å². The van der Waals surface area contributed by atoms with Crippen molar-refractivity contribution in [2.45, 2.75) is 31.2 Å². The second-order valence-corrected chi connectivity index (χ2v) is 6.86. The van der Waals surface area contributed by atoms with Crippen LogP contribution in [0.15, 0.2) is 23.1 Å². The van der Waals surface area contributed by atoms with Gasteiger partial charge in [-0.05, 0) is 37.6 Å². The lowest BCUT2D eigenvalue weighted by Crippen LogP contribution is -2.39. The molecule has 7 nitrogen and oxygen atoms in total. The monoisotopic (exact) mass is 311 g/mol. The van der Waals surface area contributed by atoms with E-state index >= 15 is 0 Å². The zero-order valence-electron chi connectivity index (χ0n) is 11.8. The maximum absolute atomic E-state index is 12.1. The molecule has 1 heterocycles. The molecule has 1 aromatic rings. The summed E-state index contributed by atoms with van der Waals surface area (Å²) in [5.74, 6) is -0.560. The molecule has 0 radical (unpaired) electrons. The quantitative estimate of drug-likeness (QED) is 0.711. The molecule has 0 bridgehead atoms. The first-order chi connectivity index (χ1) is 9.78. The van der Waals surface area contributed by atoms with Crippen LogP contribution in [0.1, 0.15) is 19.4 Å². The van der Waals surface area contributed by atoms with Crippen LogP contribution in [-0.2, 0) is 26.0 Å². The Kier molecular flexibility index (Phi) is 4.29. The van der Waals surface area contributed by atoms with Crippen LogP contribution in [0.2, 0.25) is 0 Å². The van der Waals surface area contributed by atoms with Crippen LogP contribution in [0.25, 0.3) is 0 Å². The number of rotatable bonds is 5. The first-order valence-electron chi connectivity index (χ1n) is 6.50. The van der Waals surface area contributed by atoms with Crippen LogP contribution < -0.4 is 15.4 Å². The highest BCUT2D eigenvalue weighted by atomic mass is 32.2. The van der Waals surface area contributed by atoms with E-state index < -0.39 is 15.9 Å². The van der Waals surface area contributed by atoms with Gasteiger partial charge >= 0.3 is 0 Å². The minimum absolute atomic E-state index is 0.0371. The number of fused-ring (bicyclic) bond motifs is 1. The molecule has 0 fully saturated rings. The molecule has 114 valence electrons. The number of anilines is 1. The molecular weight excluding hydrogens is 294 g/mol. The first kappa shape index (κ1) is 15.5. The summed E-state index contributed by atoms with van der Waals surface area (Å²) in [6.45, 7) is 3.25. The number of carbonyl (C=O) groups excluding carboxylic acids is 2. The minimum Gasteiger partial charge on any atom is -0.353 e. The minimum atomic E-state index is -3.78. The normalized spacial score (nSPS) is 14.0. The molecule has 0 spiro atoms. The van der Waals surface area contributed by atoms with Gasteiger partial charge in [0.2, 0.25) is 21.8 Å². The average molecular weight is 311 g/mol.